The molecule has 0 heterocycles. The smallest absolute Gasteiger partial charge is 0.253 e. The number of carbonyl (C=O) groups excluding carboxylic acids is 2. The topological polar surface area (TPSA) is 58.2 Å². The average Bonchev–Trinajstić information content (AvgIpc) is 3.29. The van der Waals surface area contributed by atoms with Crippen molar-refractivity contribution in [1.82, 2.24) is 5.32 Å². The van der Waals surface area contributed by atoms with E-state index in [4.69, 9.17) is 0 Å². The van der Waals surface area contributed by atoms with Gasteiger partial charge in [-0.3, -0.25) is 9.59 Å². The molecule has 0 fully saturated rings. The molecule has 0 spiro atoms. The fourth-order valence-corrected chi connectivity index (χ4v) is 5.41. The molecule has 0 saturated carbocycles. The molecule has 2 N–H and O–H groups in total. The van der Waals surface area contributed by atoms with Gasteiger partial charge in [-0.05, 0) is 65.4 Å². The summed E-state index contributed by atoms with van der Waals surface area (Å²) in [6.07, 6.45) is 2.17. The van der Waals surface area contributed by atoms with Crippen LogP contribution in [0.15, 0.2) is 89.8 Å². The first-order valence-electron chi connectivity index (χ1n) is 11.5. The number of carbonyl (C=O) groups is 2. The summed E-state index contributed by atoms with van der Waals surface area (Å²) in [5.74, 6) is -0.0771. The number of nitrogens with one attached hydrogen (secondary N) is 2. The fourth-order valence-electron chi connectivity index (χ4n) is 4.57. The number of para-hydroxylation sites is 1. The van der Waals surface area contributed by atoms with Crippen LogP contribution in [-0.2, 0) is 17.6 Å². The predicted molar refractivity (Wildman–Crippen MR) is 139 cm³/mol. The molecule has 5 heteroatoms. The van der Waals surface area contributed by atoms with Crippen molar-refractivity contribution in [2.24, 2.45) is 0 Å². The number of hydrogen-bond donors (Lipinski definition) is 2. The molecule has 4 aromatic carbocycles. The number of hydrogen-bond acceptors (Lipinski definition) is 3. The summed E-state index contributed by atoms with van der Waals surface area (Å²) in [6.45, 7) is 1.95. The van der Waals surface area contributed by atoms with Crippen LogP contribution in [-0.4, -0.2) is 17.6 Å². The van der Waals surface area contributed by atoms with Crippen molar-refractivity contribution in [3.8, 4) is 0 Å². The first-order chi connectivity index (χ1) is 16.6. The molecule has 1 aliphatic carbocycles. The minimum atomic E-state index is -0.215. The first kappa shape index (κ1) is 22.2. The Balaban J connectivity index is 1.26. The lowest BCUT2D eigenvalue weighted by atomic mass is 10.1. The van der Waals surface area contributed by atoms with E-state index in [0.29, 0.717) is 11.3 Å². The Morgan fingerprint density at radius 1 is 0.853 bits per heavy atom. The second kappa shape index (κ2) is 9.74. The molecule has 0 saturated heterocycles. The zero-order chi connectivity index (χ0) is 23.5. The van der Waals surface area contributed by atoms with Gasteiger partial charge < -0.3 is 10.6 Å². The summed E-state index contributed by atoms with van der Waals surface area (Å²) < 4.78 is 0. The lowest BCUT2D eigenvalue weighted by molar-refractivity contribution is -0.113. The van der Waals surface area contributed by atoms with Gasteiger partial charge in [0.05, 0.1) is 23.0 Å². The fraction of sp³-hybridized carbons (Fsp3) is 0.172. The van der Waals surface area contributed by atoms with Gasteiger partial charge >= 0.3 is 0 Å². The van der Waals surface area contributed by atoms with Crippen molar-refractivity contribution in [2.75, 3.05) is 11.1 Å². The zero-order valence-corrected chi connectivity index (χ0v) is 19.8. The number of amides is 2. The van der Waals surface area contributed by atoms with E-state index in [2.05, 4.69) is 41.0 Å². The predicted octanol–water partition coefficient (Wildman–Crippen LogP) is 6.16. The summed E-state index contributed by atoms with van der Waals surface area (Å²) in [6, 6.07) is 27.5. The van der Waals surface area contributed by atoms with Crippen LogP contribution in [0.25, 0.3) is 10.8 Å². The Hall–Kier alpha value is -3.57. The number of thioether (sulfide) groups is 1. The highest BCUT2D eigenvalue weighted by molar-refractivity contribution is 8.00. The zero-order valence-electron chi connectivity index (χ0n) is 19.0. The van der Waals surface area contributed by atoms with Gasteiger partial charge in [-0.25, -0.2) is 0 Å². The normalized spacial score (nSPS) is 13.0. The van der Waals surface area contributed by atoms with E-state index in [1.54, 1.807) is 18.2 Å². The van der Waals surface area contributed by atoms with Crippen LogP contribution >= 0.6 is 11.8 Å². The van der Waals surface area contributed by atoms with E-state index in [1.807, 2.05) is 43.3 Å². The van der Waals surface area contributed by atoms with Crippen molar-refractivity contribution in [2.45, 2.75) is 30.7 Å². The van der Waals surface area contributed by atoms with Crippen LogP contribution in [0.5, 0.6) is 0 Å². The summed E-state index contributed by atoms with van der Waals surface area (Å²) in [5.41, 5.74) is 4.78. The molecule has 0 radical (unpaired) electrons. The molecule has 5 rings (SSSR count). The summed E-state index contributed by atoms with van der Waals surface area (Å²) in [7, 11) is 0. The van der Waals surface area contributed by atoms with Crippen molar-refractivity contribution in [3.05, 3.63) is 107 Å². The van der Waals surface area contributed by atoms with E-state index in [1.165, 1.54) is 33.7 Å². The molecular weight excluding hydrogens is 440 g/mol. The molecule has 0 aliphatic heterocycles. The first-order valence-corrected chi connectivity index (χ1v) is 12.5. The van der Waals surface area contributed by atoms with Gasteiger partial charge in [0.25, 0.3) is 5.91 Å². The molecule has 1 atom stereocenters. The van der Waals surface area contributed by atoms with Gasteiger partial charge in [0.15, 0.2) is 0 Å². The SMILES string of the molecule is C[C@@H](NC(=O)c1ccccc1NC(=O)CSc1ccc2c3c(cccc13)CC2)c1ccccc1. The molecular formula is C29H26N2O2S. The molecule has 4 nitrogen and oxygen atoms in total. The van der Waals surface area contributed by atoms with E-state index >= 15 is 0 Å². The van der Waals surface area contributed by atoms with Crippen molar-refractivity contribution >= 4 is 40.0 Å². The van der Waals surface area contributed by atoms with Gasteiger partial charge in [0.1, 0.15) is 0 Å². The molecule has 0 unspecified atom stereocenters. The summed E-state index contributed by atoms with van der Waals surface area (Å²) >= 11 is 1.53. The van der Waals surface area contributed by atoms with E-state index in [-0.39, 0.29) is 23.6 Å². The molecule has 34 heavy (non-hydrogen) atoms. The monoisotopic (exact) mass is 466 g/mol. The van der Waals surface area contributed by atoms with Crippen LogP contribution in [0, 0.1) is 0 Å². The van der Waals surface area contributed by atoms with E-state index in [0.717, 1.165) is 23.3 Å². The van der Waals surface area contributed by atoms with Crippen LogP contribution in [0.3, 0.4) is 0 Å². The lowest BCUT2D eigenvalue weighted by Gasteiger charge is -2.16. The Labute approximate surface area is 203 Å². The van der Waals surface area contributed by atoms with Crippen molar-refractivity contribution in [3.63, 3.8) is 0 Å². The highest BCUT2D eigenvalue weighted by Gasteiger charge is 2.18. The van der Waals surface area contributed by atoms with Gasteiger partial charge in [-0.2, -0.15) is 0 Å². The minimum absolute atomic E-state index is 0.135. The standard InChI is InChI=1S/C29H26N2O2S/c1-19(20-8-3-2-4-9-20)30-29(33)23-11-5-6-13-25(23)31-27(32)18-34-26-17-16-22-15-14-21-10-7-12-24(26)28(21)22/h2-13,16-17,19H,14-15,18H2,1H3,(H,30,33)(H,31,32)/t19-/m1/s1. The molecule has 0 aromatic heterocycles. The third kappa shape index (κ3) is 4.57. The largest absolute Gasteiger partial charge is 0.345 e. The third-order valence-electron chi connectivity index (χ3n) is 6.29. The van der Waals surface area contributed by atoms with Crippen LogP contribution < -0.4 is 10.6 Å². The highest BCUT2D eigenvalue weighted by Crippen LogP contribution is 2.36. The number of benzene rings is 4. The van der Waals surface area contributed by atoms with Crippen LogP contribution in [0.1, 0.15) is 40.0 Å². The van der Waals surface area contributed by atoms with E-state index in [9.17, 15) is 9.59 Å². The molecule has 170 valence electrons. The van der Waals surface area contributed by atoms with Gasteiger partial charge in [-0.1, -0.05) is 66.7 Å². The molecule has 0 bridgehead atoms. The Bertz CT molecular complexity index is 1360. The molecule has 4 aromatic rings. The Kier molecular flexibility index (Phi) is 6.37. The van der Waals surface area contributed by atoms with Crippen LogP contribution in [0.4, 0.5) is 5.69 Å². The maximum Gasteiger partial charge on any atom is 0.253 e. The minimum Gasteiger partial charge on any atom is -0.345 e. The molecule has 2 amide bonds. The maximum absolute atomic E-state index is 13.0. The van der Waals surface area contributed by atoms with Crippen molar-refractivity contribution < 1.29 is 9.59 Å². The Morgan fingerprint density at radius 3 is 2.41 bits per heavy atom. The average molecular weight is 467 g/mol. The highest BCUT2D eigenvalue weighted by atomic mass is 32.2. The quantitative estimate of drug-likeness (QED) is 0.321. The summed E-state index contributed by atoms with van der Waals surface area (Å²) in [4.78, 5) is 26.9. The number of rotatable bonds is 7. The van der Waals surface area contributed by atoms with E-state index < -0.39 is 0 Å². The lowest BCUT2D eigenvalue weighted by Crippen LogP contribution is -2.28. The second-order valence-corrected chi connectivity index (χ2v) is 9.57. The second-order valence-electron chi connectivity index (χ2n) is 8.55. The number of aryl methyl sites for hydroxylation is 2. The number of anilines is 1. The van der Waals surface area contributed by atoms with Gasteiger partial charge in [-0.15, -0.1) is 11.8 Å². The Morgan fingerprint density at radius 2 is 1.59 bits per heavy atom. The maximum atomic E-state index is 13.0. The van der Waals surface area contributed by atoms with Gasteiger partial charge in [0, 0.05) is 4.90 Å². The third-order valence-corrected chi connectivity index (χ3v) is 7.36. The van der Waals surface area contributed by atoms with Crippen molar-refractivity contribution in [1.29, 1.82) is 0 Å². The van der Waals surface area contributed by atoms with Crippen LogP contribution in [0.2, 0.25) is 0 Å². The molecule has 1 aliphatic rings. The summed E-state index contributed by atoms with van der Waals surface area (Å²) in [5, 5.41) is 8.53. The van der Waals surface area contributed by atoms with Gasteiger partial charge in [0.2, 0.25) is 5.91 Å².